The second-order valence-corrected chi connectivity index (χ2v) is 7.77. The van der Waals surface area contributed by atoms with Gasteiger partial charge >= 0.3 is 0 Å². The predicted octanol–water partition coefficient (Wildman–Crippen LogP) is 2.09. The molecule has 0 heterocycles. The Kier molecular flexibility index (Phi) is 6.76. The lowest BCUT2D eigenvalue weighted by atomic mass is 10.1. The number of benzene rings is 2. The van der Waals surface area contributed by atoms with Crippen LogP contribution < -0.4 is 14.8 Å². The molecule has 0 radical (unpaired) electrons. The van der Waals surface area contributed by atoms with Crippen molar-refractivity contribution in [2.24, 2.45) is 0 Å². The number of aryl methyl sites for hydroxylation is 2. The molecule has 140 valence electrons. The van der Waals surface area contributed by atoms with Crippen LogP contribution in [0.1, 0.15) is 16.7 Å². The summed E-state index contributed by atoms with van der Waals surface area (Å²) in [7, 11) is -3.56. The van der Waals surface area contributed by atoms with E-state index in [1.54, 1.807) is 18.2 Å². The maximum atomic E-state index is 12.0. The quantitative estimate of drug-likeness (QED) is 0.691. The zero-order chi connectivity index (χ0) is 19.2. The summed E-state index contributed by atoms with van der Waals surface area (Å²) in [6, 6.07) is 12.1. The smallest absolute Gasteiger partial charge is 0.257 e. The second-order valence-electron chi connectivity index (χ2n) is 6.00. The van der Waals surface area contributed by atoms with Gasteiger partial charge in [0.25, 0.3) is 5.91 Å². The Morgan fingerprint density at radius 3 is 2.31 bits per heavy atom. The minimum absolute atomic E-state index is 0.103. The summed E-state index contributed by atoms with van der Waals surface area (Å²) < 4.78 is 32.2. The molecule has 2 aromatic carbocycles. The molecule has 0 saturated carbocycles. The fourth-order valence-corrected chi connectivity index (χ4v) is 3.46. The minimum atomic E-state index is -3.56. The van der Waals surface area contributed by atoms with Crippen LogP contribution in [0.25, 0.3) is 0 Å². The first-order valence-electron chi connectivity index (χ1n) is 8.32. The lowest BCUT2D eigenvalue weighted by Crippen LogP contribution is -2.36. The van der Waals surface area contributed by atoms with Crippen LogP contribution in [0.15, 0.2) is 47.4 Å². The molecule has 0 atom stereocenters. The molecule has 2 rings (SSSR count). The number of hydrogen-bond acceptors (Lipinski definition) is 4. The summed E-state index contributed by atoms with van der Waals surface area (Å²) in [5.41, 5.74) is 3.08. The fraction of sp³-hybridized carbons (Fsp3) is 0.316. The van der Waals surface area contributed by atoms with Crippen molar-refractivity contribution in [1.82, 2.24) is 10.0 Å². The van der Waals surface area contributed by atoms with Crippen molar-refractivity contribution >= 4 is 15.9 Å². The molecule has 0 aromatic heterocycles. The fourth-order valence-electron chi connectivity index (χ4n) is 2.41. The summed E-state index contributed by atoms with van der Waals surface area (Å²) in [6.45, 7) is 6.04. The molecule has 0 saturated heterocycles. The Morgan fingerprint density at radius 1 is 0.962 bits per heavy atom. The van der Waals surface area contributed by atoms with Crippen LogP contribution in [0.4, 0.5) is 0 Å². The number of ether oxygens (including phenoxy) is 1. The lowest BCUT2D eigenvalue weighted by Gasteiger charge is -2.14. The van der Waals surface area contributed by atoms with E-state index in [0.29, 0.717) is 5.75 Å². The van der Waals surface area contributed by atoms with E-state index in [-0.39, 0.29) is 30.5 Å². The first kappa shape index (κ1) is 19.9. The molecule has 0 spiro atoms. The highest BCUT2D eigenvalue weighted by Gasteiger charge is 2.13. The summed E-state index contributed by atoms with van der Waals surface area (Å²) >= 11 is 0. The monoisotopic (exact) mass is 376 g/mol. The van der Waals surface area contributed by atoms with Crippen molar-refractivity contribution in [2.45, 2.75) is 25.7 Å². The van der Waals surface area contributed by atoms with Gasteiger partial charge in [-0.05, 0) is 49.6 Å². The Bertz CT molecular complexity index is 865. The van der Waals surface area contributed by atoms with Gasteiger partial charge in [0.05, 0.1) is 4.90 Å². The van der Waals surface area contributed by atoms with Gasteiger partial charge in [-0.25, -0.2) is 13.1 Å². The Balaban J connectivity index is 1.77. The van der Waals surface area contributed by atoms with E-state index in [1.807, 2.05) is 32.9 Å². The number of carbonyl (C=O) groups excluding carboxylic acids is 1. The number of carbonyl (C=O) groups is 1. The minimum Gasteiger partial charge on any atom is -0.483 e. The van der Waals surface area contributed by atoms with Crippen LogP contribution >= 0.6 is 0 Å². The molecule has 26 heavy (non-hydrogen) atoms. The Labute approximate surface area is 154 Å². The van der Waals surface area contributed by atoms with Gasteiger partial charge in [-0.15, -0.1) is 0 Å². The van der Waals surface area contributed by atoms with E-state index < -0.39 is 10.0 Å². The van der Waals surface area contributed by atoms with Crippen LogP contribution in [0, 0.1) is 20.8 Å². The van der Waals surface area contributed by atoms with E-state index in [1.165, 1.54) is 12.1 Å². The summed E-state index contributed by atoms with van der Waals surface area (Å²) in [5.74, 6) is 0.411. The number of sulfonamides is 1. The van der Waals surface area contributed by atoms with Gasteiger partial charge in [-0.2, -0.15) is 0 Å². The van der Waals surface area contributed by atoms with E-state index in [0.717, 1.165) is 16.7 Å². The summed E-state index contributed by atoms with van der Waals surface area (Å²) in [5, 5.41) is 2.64. The third kappa shape index (κ3) is 5.31. The van der Waals surface area contributed by atoms with E-state index in [2.05, 4.69) is 10.0 Å². The molecule has 0 bridgehead atoms. The molecule has 0 aliphatic carbocycles. The molecule has 2 aromatic rings. The molecular formula is C19H24N2O4S. The molecule has 7 heteroatoms. The average molecular weight is 376 g/mol. The van der Waals surface area contributed by atoms with Gasteiger partial charge in [-0.3, -0.25) is 4.79 Å². The van der Waals surface area contributed by atoms with Gasteiger partial charge < -0.3 is 10.1 Å². The number of rotatable bonds is 8. The molecular weight excluding hydrogens is 352 g/mol. The van der Waals surface area contributed by atoms with Gasteiger partial charge in [0, 0.05) is 13.1 Å². The summed E-state index contributed by atoms with van der Waals surface area (Å²) in [6.07, 6.45) is 0. The van der Waals surface area contributed by atoms with Crippen molar-refractivity contribution in [3.8, 4) is 5.75 Å². The average Bonchev–Trinajstić information content (AvgIpc) is 2.63. The van der Waals surface area contributed by atoms with Crippen LogP contribution in [0.3, 0.4) is 0 Å². The normalized spacial score (nSPS) is 11.2. The molecule has 1 amide bonds. The molecule has 0 fully saturated rings. The Morgan fingerprint density at radius 2 is 1.62 bits per heavy atom. The predicted molar refractivity (Wildman–Crippen MR) is 101 cm³/mol. The van der Waals surface area contributed by atoms with E-state index >= 15 is 0 Å². The van der Waals surface area contributed by atoms with Crippen LogP contribution in [0.2, 0.25) is 0 Å². The highest BCUT2D eigenvalue weighted by atomic mass is 32.2. The Hall–Kier alpha value is -2.38. The highest BCUT2D eigenvalue weighted by molar-refractivity contribution is 7.89. The highest BCUT2D eigenvalue weighted by Crippen LogP contribution is 2.25. The largest absolute Gasteiger partial charge is 0.483 e. The van der Waals surface area contributed by atoms with E-state index in [4.69, 9.17) is 4.74 Å². The SMILES string of the molecule is Cc1ccc(C)c(OCC(=O)NCCNS(=O)(=O)c2ccccc2)c1C. The maximum Gasteiger partial charge on any atom is 0.257 e. The van der Waals surface area contributed by atoms with Crippen LogP contribution in [-0.4, -0.2) is 34.0 Å². The van der Waals surface area contributed by atoms with Crippen molar-refractivity contribution in [3.05, 3.63) is 59.2 Å². The third-order valence-electron chi connectivity index (χ3n) is 4.01. The van der Waals surface area contributed by atoms with E-state index in [9.17, 15) is 13.2 Å². The van der Waals surface area contributed by atoms with Crippen molar-refractivity contribution in [2.75, 3.05) is 19.7 Å². The second kappa shape index (κ2) is 8.82. The first-order valence-corrected chi connectivity index (χ1v) is 9.80. The third-order valence-corrected chi connectivity index (χ3v) is 5.49. The number of nitrogens with one attached hydrogen (secondary N) is 2. The molecule has 0 aliphatic heterocycles. The zero-order valence-corrected chi connectivity index (χ0v) is 16.0. The molecule has 2 N–H and O–H groups in total. The molecule has 0 unspecified atom stereocenters. The zero-order valence-electron chi connectivity index (χ0n) is 15.2. The maximum absolute atomic E-state index is 12.0. The number of hydrogen-bond donors (Lipinski definition) is 2. The van der Waals surface area contributed by atoms with Crippen molar-refractivity contribution in [3.63, 3.8) is 0 Å². The van der Waals surface area contributed by atoms with Gasteiger partial charge in [0.1, 0.15) is 5.75 Å². The standard InChI is InChI=1S/C19H24N2O4S/c1-14-9-10-15(2)19(16(14)3)25-13-18(22)20-11-12-21-26(23,24)17-7-5-4-6-8-17/h4-10,21H,11-13H2,1-3H3,(H,20,22). The topological polar surface area (TPSA) is 84.5 Å². The van der Waals surface area contributed by atoms with Crippen LogP contribution in [-0.2, 0) is 14.8 Å². The van der Waals surface area contributed by atoms with Gasteiger partial charge in [0.2, 0.25) is 10.0 Å². The first-order chi connectivity index (χ1) is 12.3. The molecule has 6 nitrogen and oxygen atoms in total. The van der Waals surface area contributed by atoms with Crippen molar-refractivity contribution < 1.29 is 17.9 Å². The summed E-state index contributed by atoms with van der Waals surface area (Å²) in [4.78, 5) is 12.1. The van der Waals surface area contributed by atoms with Crippen LogP contribution in [0.5, 0.6) is 5.75 Å². The number of amides is 1. The van der Waals surface area contributed by atoms with Gasteiger partial charge in [-0.1, -0.05) is 30.3 Å². The molecule has 0 aliphatic rings. The lowest BCUT2D eigenvalue weighted by molar-refractivity contribution is -0.123. The van der Waals surface area contributed by atoms with Crippen molar-refractivity contribution in [1.29, 1.82) is 0 Å². The van der Waals surface area contributed by atoms with Gasteiger partial charge in [0.15, 0.2) is 6.61 Å².